The summed E-state index contributed by atoms with van der Waals surface area (Å²) in [6.07, 6.45) is 0. The third-order valence-corrected chi connectivity index (χ3v) is 3.06. The van der Waals surface area contributed by atoms with Gasteiger partial charge in [0.25, 0.3) is 0 Å². The molecular weight excluding hydrogens is 328 g/mol. The summed E-state index contributed by atoms with van der Waals surface area (Å²) < 4.78 is 5.56. The van der Waals surface area contributed by atoms with Crippen molar-refractivity contribution in [1.29, 1.82) is 0 Å². The summed E-state index contributed by atoms with van der Waals surface area (Å²) in [6.45, 7) is 5.69. The predicted octanol–water partition coefficient (Wildman–Crippen LogP) is 3.51. The minimum absolute atomic E-state index is 0.00431. The highest BCUT2D eigenvalue weighted by atomic mass is 79.9. The molecule has 0 unspecified atom stereocenters. The van der Waals surface area contributed by atoms with E-state index in [-0.39, 0.29) is 12.4 Å². The van der Waals surface area contributed by atoms with Crippen molar-refractivity contribution < 1.29 is 19.3 Å². The number of hydrogen-bond acceptors (Lipinski definition) is 5. The van der Waals surface area contributed by atoms with Gasteiger partial charge in [-0.1, -0.05) is 0 Å². The van der Waals surface area contributed by atoms with E-state index in [1.54, 1.807) is 6.07 Å². The molecule has 0 saturated carbocycles. The van der Waals surface area contributed by atoms with Crippen LogP contribution in [0.1, 0.15) is 26.3 Å². The van der Waals surface area contributed by atoms with Gasteiger partial charge >= 0.3 is 5.63 Å². The van der Waals surface area contributed by atoms with Gasteiger partial charge in [-0.05, 0) is 48.3 Å². The van der Waals surface area contributed by atoms with Gasteiger partial charge in [-0.2, -0.15) is 0 Å². The Balaban J connectivity index is 2.37. The molecule has 0 bridgehead atoms. The number of rotatable bonds is 3. The second kappa shape index (κ2) is 5.55. The Kier molecular flexibility index (Phi) is 4.17. The van der Waals surface area contributed by atoms with Gasteiger partial charge in [0.05, 0.1) is 10.1 Å². The van der Waals surface area contributed by atoms with Crippen LogP contribution in [0.15, 0.2) is 31.9 Å². The molecule has 0 saturated heterocycles. The monoisotopic (exact) mass is 342 g/mol. The smallest absolute Gasteiger partial charge is 0.336 e. The minimum Gasteiger partial charge on any atom is -0.507 e. The van der Waals surface area contributed by atoms with Gasteiger partial charge < -0.3 is 9.52 Å². The quantitative estimate of drug-likeness (QED) is 0.525. The summed E-state index contributed by atoms with van der Waals surface area (Å²) in [5.41, 5.74) is -0.0176. The molecule has 5 nitrogen and oxygen atoms in total. The lowest BCUT2D eigenvalue weighted by Gasteiger charge is -2.17. The molecule has 0 spiro atoms. The Hall–Kier alpha value is -1.37. The summed E-state index contributed by atoms with van der Waals surface area (Å²) in [5, 5.41) is 10.3. The maximum Gasteiger partial charge on any atom is 0.336 e. The SMILES string of the molecule is CC(C)(C)OOCc1cc(=O)oc2cc(O)c(Br)cc12. The van der Waals surface area contributed by atoms with Gasteiger partial charge in [-0.25, -0.2) is 14.6 Å². The number of phenols is 1. The van der Waals surface area contributed by atoms with Crippen LogP contribution >= 0.6 is 15.9 Å². The fourth-order valence-corrected chi connectivity index (χ4v) is 1.97. The normalized spacial score (nSPS) is 12.0. The van der Waals surface area contributed by atoms with Crippen LogP contribution in [0.5, 0.6) is 5.75 Å². The number of hydrogen-bond donors (Lipinski definition) is 1. The summed E-state index contributed by atoms with van der Waals surface area (Å²) in [6, 6.07) is 4.40. The third kappa shape index (κ3) is 3.59. The van der Waals surface area contributed by atoms with Crippen molar-refractivity contribution in [3.8, 4) is 5.75 Å². The molecule has 20 heavy (non-hydrogen) atoms. The summed E-state index contributed by atoms with van der Waals surface area (Å²) in [4.78, 5) is 21.8. The molecule has 2 aromatic rings. The lowest BCUT2D eigenvalue weighted by Crippen LogP contribution is -2.19. The maximum absolute atomic E-state index is 11.5. The molecular formula is C14H15BrO5. The van der Waals surface area contributed by atoms with Crippen LogP contribution in [0.4, 0.5) is 0 Å². The Morgan fingerprint density at radius 2 is 2.00 bits per heavy atom. The van der Waals surface area contributed by atoms with E-state index in [9.17, 15) is 9.90 Å². The highest BCUT2D eigenvalue weighted by Crippen LogP contribution is 2.30. The lowest BCUT2D eigenvalue weighted by molar-refractivity contribution is -0.356. The zero-order chi connectivity index (χ0) is 14.9. The van der Waals surface area contributed by atoms with Crippen molar-refractivity contribution in [3.05, 3.63) is 38.7 Å². The van der Waals surface area contributed by atoms with E-state index in [1.165, 1.54) is 12.1 Å². The average molecular weight is 343 g/mol. The highest BCUT2D eigenvalue weighted by molar-refractivity contribution is 9.10. The van der Waals surface area contributed by atoms with E-state index in [2.05, 4.69) is 15.9 Å². The molecule has 1 N–H and O–H groups in total. The fourth-order valence-electron chi connectivity index (χ4n) is 1.63. The van der Waals surface area contributed by atoms with E-state index < -0.39 is 11.2 Å². The lowest BCUT2D eigenvalue weighted by atomic mass is 10.1. The predicted molar refractivity (Wildman–Crippen MR) is 77.5 cm³/mol. The van der Waals surface area contributed by atoms with Gasteiger partial charge in [0.1, 0.15) is 17.9 Å². The molecule has 0 amide bonds. The molecule has 1 aromatic carbocycles. The van der Waals surface area contributed by atoms with Crippen molar-refractivity contribution in [2.24, 2.45) is 0 Å². The fraction of sp³-hybridized carbons (Fsp3) is 0.357. The topological polar surface area (TPSA) is 68.9 Å². The van der Waals surface area contributed by atoms with Crippen molar-refractivity contribution in [2.45, 2.75) is 33.0 Å². The third-order valence-electron chi connectivity index (χ3n) is 2.42. The van der Waals surface area contributed by atoms with E-state index in [1.807, 2.05) is 20.8 Å². The standard InChI is InChI=1S/C14H15BrO5/c1-14(2,3)20-18-7-8-4-13(17)19-12-6-11(16)10(15)5-9(8)12/h4-6,16H,7H2,1-3H3. The second-order valence-corrected chi connectivity index (χ2v) is 6.20. The van der Waals surface area contributed by atoms with E-state index in [4.69, 9.17) is 14.2 Å². The molecule has 1 aromatic heterocycles. The molecule has 0 aliphatic rings. The first-order valence-corrected chi connectivity index (χ1v) is 6.81. The molecule has 0 aliphatic heterocycles. The van der Waals surface area contributed by atoms with Crippen molar-refractivity contribution in [2.75, 3.05) is 0 Å². The van der Waals surface area contributed by atoms with E-state index in [0.717, 1.165) is 0 Å². The average Bonchev–Trinajstić information content (AvgIpc) is 2.30. The Bertz CT molecular complexity index is 684. The van der Waals surface area contributed by atoms with Crippen molar-refractivity contribution in [3.63, 3.8) is 0 Å². The molecule has 2 rings (SSSR count). The first kappa shape index (κ1) is 15.0. The summed E-state index contributed by atoms with van der Waals surface area (Å²) in [5.74, 6) is 0.00431. The first-order valence-electron chi connectivity index (χ1n) is 6.02. The molecule has 6 heteroatoms. The van der Waals surface area contributed by atoms with Crippen LogP contribution in [0, 0.1) is 0 Å². The zero-order valence-electron chi connectivity index (χ0n) is 11.4. The number of benzene rings is 1. The second-order valence-electron chi connectivity index (χ2n) is 5.35. The number of fused-ring (bicyclic) bond motifs is 1. The first-order chi connectivity index (χ1) is 9.26. The Morgan fingerprint density at radius 1 is 1.30 bits per heavy atom. The Morgan fingerprint density at radius 3 is 2.65 bits per heavy atom. The van der Waals surface area contributed by atoms with Gasteiger partial charge in [-0.15, -0.1) is 0 Å². The van der Waals surface area contributed by atoms with Crippen molar-refractivity contribution in [1.82, 2.24) is 0 Å². The Labute approximate surface area is 124 Å². The van der Waals surface area contributed by atoms with Crippen molar-refractivity contribution >= 4 is 26.9 Å². The van der Waals surface area contributed by atoms with Gasteiger partial charge in [0, 0.05) is 17.5 Å². The highest BCUT2D eigenvalue weighted by Gasteiger charge is 2.14. The van der Waals surface area contributed by atoms with Crippen LogP contribution in [-0.4, -0.2) is 10.7 Å². The summed E-state index contributed by atoms with van der Waals surface area (Å²) >= 11 is 3.23. The minimum atomic E-state index is -0.506. The molecule has 0 atom stereocenters. The molecule has 0 aliphatic carbocycles. The van der Waals surface area contributed by atoms with Gasteiger partial charge in [-0.3, -0.25) is 0 Å². The van der Waals surface area contributed by atoms with Crippen LogP contribution in [0.2, 0.25) is 0 Å². The van der Waals surface area contributed by atoms with Crippen LogP contribution in [0.3, 0.4) is 0 Å². The van der Waals surface area contributed by atoms with Crippen LogP contribution in [-0.2, 0) is 16.4 Å². The number of phenolic OH excluding ortho intramolecular Hbond substituents is 1. The van der Waals surface area contributed by atoms with Gasteiger partial charge in [0.15, 0.2) is 0 Å². The van der Waals surface area contributed by atoms with Crippen LogP contribution in [0.25, 0.3) is 11.0 Å². The van der Waals surface area contributed by atoms with E-state index >= 15 is 0 Å². The van der Waals surface area contributed by atoms with Crippen LogP contribution < -0.4 is 5.63 Å². The maximum atomic E-state index is 11.5. The molecule has 1 heterocycles. The largest absolute Gasteiger partial charge is 0.507 e. The number of aromatic hydroxyl groups is 1. The molecule has 108 valence electrons. The molecule has 0 radical (unpaired) electrons. The van der Waals surface area contributed by atoms with E-state index in [0.29, 0.717) is 21.0 Å². The zero-order valence-corrected chi connectivity index (χ0v) is 13.0. The molecule has 0 fully saturated rings. The number of halogens is 1. The summed E-state index contributed by atoms with van der Waals surface area (Å²) in [7, 11) is 0. The van der Waals surface area contributed by atoms with Gasteiger partial charge in [0.2, 0.25) is 0 Å².